The Morgan fingerprint density at radius 1 is 1.45 bits per heavy atom. The van der Waals surface area contributed by atoms with E-state index in [2.05, 4.69) is 10.3 Å². The second-order valence-corrected chi connectivity index (χ2v) is 6.69. The number of hydrogen-bond donors (Lipinski definition) is 1. The van der Waals surface area contributed by atoms with E-state index in [4.69, 9.17) is 0 Å². The van der Waals surface area contributed by atoms with Crippen LogP contribution in [0, 0.1) is 5.82 Å². The molecule has 1 aromatic heterocycles. The van der Waals surface area contributed by atoms with Gasteiger partial charge in [0, 0.05) is 18.8 Å². The normalized spacial score (nSPS) is 17.6. The second-order valence-electron chi connectivity index (χ2n) is 4.89. The van der Waals surface area contributed by atoms with Gasteiger partial charge in [-0.2, -0.15) is 4.31 Å². The number of nitrogens with zero attached hydrogens (tertiary/aromatic N) is 2. The van der Waals surface area contributed by atoms with Crippen LogP contribution in [-0.4, -0.2) is 43.4 Å². The third-order valence-corrected chi connectivity index (χ3v) is 5.32. The zero-order valence-corrected chi connectivity index (χ0v) is 12.4. The number of piperidine rings is 1. The highest BCUT2D eigenvalue weighted by Crippen LogP contribution is 2.23. The number of nitrogens with one attached hydrogen (secondary N) is 1. The molecule has 20 heavy (non-hydrogen) atoms. The van der Waals surface area contributed by atoms with Gasteiger partial charge < -0.3 is 5.32 Å². The topological polar surface area (TPSA) is 62.3 Å². The molecule has 0 aliphatic carbocycles. The summed E-state index contributed by atoms with van der Waals surface area (Å²) in [4.78, 5) is 3.73. The summed E-state index contributed by atoms with van der Waals surface area (Å²) >= 11 is 0. The number of halogens is 1. The van der Waals surface area contributed by atoms with Crippen molar-refractivity contribution in [2.75, 3.05) is 19.6 Å². The van der Waals surface area contributed by atoms with Crippen LogP contribution in [0.25, 0.3) is 0 Å². The number of hydrogen-bond acceptors (Lipinski definition) is 4. The van der Waals surface area contributed by atoms with E-state index in [-0.39, 0.29) is 6.04 Å². The summed E-state index contributed by atoms with van der Waals surface area (Å²) in [6.45, 7) is 3.87. The molecule has 0 aromatic carbocycles. The predicted octanol–water partition coefficient (Wildman–Crippen LogP) is 1.37. The first-order valence-electron chi connectivity index (χ1n) is 6.90. The van der Waals surface area contributed by atoms with Crippen LogP contribution in [0.5, 0.6) is 0 Å². The van der Waals surface area contributed by atoms with Gasteiger partial charge in [0.2, 0.25) is 5.03 Å². The van der Waals surface area contributed by atoms with Crippen LogP contribution < -0.4 is 5.32 Å². The maximum atomic E-state index is 13.8. The summed E-state index contributed by atoms with van der Waals surface area (Å²) in [7, 11) is -3.87. The van der Waals surface area contributed by atoms with Crippen molar-refractivity contribution in [1.82, 2.24) is 14.6 Å². The molecule has 0 amide bonds. The van der Waals surface area contributed by atoms with E-state index in [9.17, 15) is 12.8 Å². The molecule has 1 aliphatic rings. The van der Waals surface area contributed by atoms with Crippen LogP contribution in [-0.2, 0) is 10.0 Å². The molecule has 2 heterocycles. The van der Waals surface area contributed by atoms with E-state index in [1.165, 1.54) is 16.6 Å². The zero-order valence-electron chi connectivity index (χ0n) is 11.5. The molecular weight excluding hydrogens is 281 g/mol. The van der Waals surface area contributed by atoms with E-state index in [1.54, 1.807) is 0 Å². The molecule has 5 nitrogen and oxygen atoms in total. The van der Waals surface area contributed by atoms with Crippen molar-refractivity contribution in [2.45, 2.75) is 37.3 Å². The third-order valence-electron chi connectivity index (χ3n) is 3.44. The molecule has 7 heteroatoms. The van der Waals surface area contributed by atoms with Crippen molar-refractivity contribution in [2.24, 2.45) is 0 Å². The van der Waals surface area contributed by atoms with Crippen molar-refractivity contribution in [3.8, 4) is 0 Å². The minimum absolute atomic E-state index is 0.0809. The Labute approximate surface area is 119 Å². The Balaban J connectivity index is 2.34. The Bertz CT molecular complexity index is 544. The first kappa shape index (κ1) is 15.3. The molecule has 2 rings (SSSR count). The predicted molar refractivity (Wildman–Crippen MR) is 74.3 cm³/mol. The molecule has 1 aliphatic heterocycles. The van der Waals surface area contributed by atoms with Gasteiger partial charge in [0.1, 0.15) is 0 Å². The molecule has 0 bridgehead atoms. The lowest BCUT2D eigenvalue weighted by atomic mass is 10.1. The minimum atomic E-state index is -3.87. The fourth-order valence-corrected chi connectivity index (χ4v) is 4.24. The SMILES string of the molecule is CCCN(C1CCNCC1)S(=O)(=O)c1ncccc1F. The first-order chi connectivity index (χ1) is 9.57. The van der Waals surface area contributed by atoms with Crippen molar-refractivity contribution >= 4 is 10.0 Å². The first-order valence-corrected chi connectivity index (χ1v) is 8.34. The maximum absolute atomic E-state index is 13.8. The Morgan fingerprint density at radius 3 is 2.75 bits per heavy atom. The Hall–Kier alpha value is -1.05. The number of sulfonamides is 1. The highest BCUT2D eigenvalue weighted by atomic mass is 32.2. The van der Waals surface area contributed by atoms with Crippen molar-refractivity contribution in [3.05, 3.63) is 24.1 Å². The van der Waals surface area contributed by atoms with E-state index >= 15 is 0 Å². The average molecular weight is 301 g/mol. The number of pyridine rings is 1. The summed E-state index contributed by atoms with van der Waals surface area (Å²) in [6.07, 6.45) is 3.49. The molecule has 0 radical (unpaired) electrons. The molecule has 1 fully saturated rings. The summed E-state index contributed by atoms with van der Waals surface area (Å²) in [5.74, 6) is -0.789. The van der Waals surface area contributed by atoms with Crippen LogP contribution in [0.4, 0.5) is 4.39 Å². The Morgan fingerprint density at radius 2 is 2.15 bits per heavy atom. The van der Waals surface area contributed by atoms with Crippen LogP contribution in [0.3, 0.4) is 0 Å². The zero-order chi connectivity index (χ0) is 14.6. The molecule has 1 saturated heterocycles. The van der Waals surface area contributed by atoms with Crippen LogP contribution in [0.1, 0.15) is 26.2 Å². The molecule has 0 atom stereocenters. The van der Waals surface area contributed by atoms with Gasteiger partial charge in [0.15, 0.2) is 5.82 Å². The largest absolute Gasteiger partial charge is 0.317 e. The van der Waals surface area contributed by atoms with Gasteiger partial charge in [0.25, 0.3) is 10.0 Å². The summed E-state index contributed by atoms with van der Waals surface area (Å²) in [5, 5.41) is 2.74. The van der Waals surface area contributed by atoms with E-state index in [1.807, 2.05) is 6.92 Å². The lowest BCUT2D eigenvalue weighted by Gasteiger charge is -2.33. The quantitative estimate of drug-likeness (QED) is 0.892. The standard InChI is InChI=1S/C13H20FN3O2S/c1-2-10-17(11-5-8-15-9-6-11)20(18,19)13-12(14)4-3-7-16-13/h3-4,7,11,15H,2,5-6,8-10H2,1H3. The van der Waals surface area contributed by atoms with Crippen molar-refractivity contribution < 1.29 is 12.8 Å². The van der Waals surface area contributed by atoms with Crippen molar-refractivity contribution in [1.29, 1.82) is 0 Å². The number of aromatic nitrogens is 1. The summed E-state index contributed by atoms with van der Waals surface area (Å²) in [6, 6.07) is 2.44. The van der Waals surface area contributed by atoms with Crippen LogP contribution >= 0.6 is 0 Å². The van der Waals surface area contributed by atoms with Crippen molar-refractivity contribution in [3.63, 3.8) is 0 Å². The molecule has 1 N–H and O–H groups in total. The van der Waals surface area contributed by atoms with Gasteiger partial charge in [-0.25, -0.2) is 17.8 Å². The van der Waals surface area contributed by atoms with E-state index in [0.29, 0.717) is 13.0 Å². The van der Waals surface area contributed by atoms with Gasteiger partial charge in [-0.1, -0.05) is 6.92 Å². The minimum Gasteiger partial charge on any atom is -0.317 e. The lowest BCUT2D eigenvalue weighted by molar-refractivity contribution is 0.261. The van der Waals surface area contributed by atoms with Gasteiger partial charge in [-0.05, 0) is 44.5 Å². The van der Waals surface area contributed by atoms with Gasteiger partial charge in [0.05, 0.1) is 0 Å². The molecule has 1 aromatic rings. The lowest BCUT2D eigenvalue weighted by Crippen LogP contribution is -2.46. The fourth-order valence-electron chi connectivity index (χ4n) is 2.49. The molecule has 0 saturated carbocycles. The van der Waals surface area contributed by atoms with Gasteiger partial charge in [-0.15, -0.1) is 0 Å². The van der Waals surface area contributed by atoms with Crippen LogP contribution in [0.2, 0.25) is 0 Å². The summed E-state index contributed by atoms with van der Waals surface area (Å²) in [5.41, 5.74) is 0. The monoisotopic (exact) mass is 301 g/mol. The molecule has 112 valence electrons. The Kier molecular flexibility index (Phi) is 5.06. The maximum Gasteiger partial charge on any atom is 0.263 e. The molecule has 0 spiro atoms. The summed E-state index contributed by atoms with van der Waals surface area (Å²) < 4.78 is 40.5. The van der Waals surface area contributed by atoms with E-state index in [0.717, 1.165) is 32.0 Å². The highest BCUT2D eigenvalue weighted by Gasteiger charge is 2.34. The highest BCUT2D eigenvalue weighted by molar-refractivity contribution is 7.89. The van der Waals surface area contributed by atoms with Crippen LogP contribution in [0.15, 0.2) is 23.4 Å². The third kappa shape index (κ3) is 3.16. The van der Waals surface area contributed by atoms with Gasteiger partial charge >= 0.3 is 0 Å². The smallest absolute Gasteiger partial charge is 0.263 e. The molecular formula is C13H20FN3O2S. The number of rotatable bonds is 5. The van der Waals surface area contributed by atoms with Gasteiger partial charge in [-0.3, -0.25) is 0 Å². The molecule has 0 unspecified atom stereocenters. The fraction of sp³-hybridized carbons (Fsp3) is 0.615. The average Bonchev–Trinajstić information content (AvgIpc) is 2.45. The second kappa shape index (κ2) is 6.60. The van der Waals surface area contributed by atoms with E-state index < -0.39 is 20.9 Å².